The molecule has 2 rings (SSSR count). The Hall–Kier alpha value is -1.59. The molecule has 9 heteroatoms. The predicted molar refractivity (Wildman–Crippen MR) is 119 cm³/mol. The highest BCUT2D eigenvalue weighted by molar-refractivity contribution is 14.1. The zero-order valence-corrected chi connectivity index (χ0v) is 19.5. The molecule has 0 saturated heterocycles. The summed E-state index contributed by atoms with van der Waals surface area (Å²) in [7, 11) is -1.53. The fourth-order valence-corrected chi connectivity index (χ4v) is 3.59. The van der Waals surface area contributed by atoms with Crippen molar-refractivity contribution in [2.45, 2.75) is 39.4 Å². The molecule has 0 unspecified atom stereocenters. The smallest absolute Gasteiger partial charge is 0.222 e. The Morgan fingerprint density at radius 2 is 1.78 bits per heavy atom. The van der Waals surface area contributed by atoms with E-state index in [0.717, 1.165) is 14.9 Å². The first-order chi connectivity index (χ1) is 12.6. The van der Waals surface area contributed by atoms with Gasteiger partial charge in [0, 0.05) is 5.56 Å². The van der Waals surface area contributed by atoms with Crippen molar-refractivity contribution in [2.24, 2.45) is 0 Å². The van der Waals surface area contributed by atoms with Crippen molar-refractivity contribution in [1.82, 2.24) is 9.97 Å². The third-order valence-electron chi connectivity index (χ3n) is 3.58. The number of hydrogen-bond donors (Lipinski definition) is 2. The third kappa shape index (κ3) is 6.50. The van der Waals surface area contributed by atoms with Crippen LogP contribution in [0.15, 0.2) is 18.3 Å². The van der Waals surface area contributed by atoms with Gasteiger partial charge in [-0.05, 0) is 60.3 Å². The highest BCUT2D eigenvalue weighted by Gasteiger charge is 2.17. The van der Waals surface area contributed by atoms with E-state index in [9.17, 15) is 0 Å². The van der Waals surface area contributed by atoms with Gasteiger partial charge in [0.2, 0.25) is 5.95 Å². The summed E-state index contributed by atoms with van der Waals surface area (Å²) >= 11 is 2.23. The van der Waals surface area contributed by atoms with Crippen LogP contribution in [0, 0.1) is 3.57 Å². The van der Waals surface area contributed by atoms with E-state index < -0.39 is 8.32 Å². The van der Waals surface area contributed by atoms with Gasteiger partial charge in [-0.3, -0.25) is 0 Å². The lowest BCUT2D eigenvalue weighted by molar-refractivity contribution is 0.211. The molecule has 0 aliphatic heterocycles. The summed E-state index contributed by atoms with van der Waals surface area (Å²) < 4.78 is 18.7. The number of nitrogen functional groups attached to an aromatic ring is 2. The lowest BCUT2D eigenvalue weighted by Crippen LogP contribution is -2.27. The zero-order valence-electron chi connectivity index (χ0n) is 16.4. The Bertz CT molecular complexity index is 797. The molecule has 0 aliphatic carbocycles. The molecule has 0 radical (unpaired) electrons. The van der Waals surface area contributed by atoms with Crippen molar-refractivity contribution in [3.05, 3.63) is 27.5 Å². The van der Waals surface area contributed by atoms with Gasteiger partial charge in [0.1, 0.15) is 18.1 Å². The molecule has 0 fully saturated rings. The molecule has 2 aromatic rings. The summed E-state index contributed by atoms with van der Waals surface area (Å²) in [6.45, 7) is 11.8. The summed E-state index contributed by atoms with van der Waals surface area (Å²) in [6, 6.07) is 3.94. The third-order valence-corrected chi connectivity index (χ3v) is 5.50. The van der Waals surface area contributed by atoms with Gasteiger partial charge in [-0.25, -0.2) is 4.98 Å². The number of nitrogens with zero attached hydrogens (tertiary/aromatic N) is 2. The number of anilines is 2. The average molecular weight is 502 g/mol. The largest absolute Gasteiger partial charge is 0.490 e. The molecule has 1 aromatic carbocycles. The van der Waals surface area contributed by atoms with E-state index in [1.54, 1.807) is 0 Å². The molecule has 0 saturated carbocycles. The normalized spacial score (nSPS) is 11.7. The SMILES string of the molecule is CC(C)c1cc(OCCO[Si](C)(C)C)c(I)cc1Oc1cnc(N)nc1N. The predicted octanol–water partition coefficient (Wildman–Crippen LogP) is 4.39. The minimum absolute atomic E-state index is 0.114. The second-order valence-electron chi connectivity index (χ2n) is 7.36. The Labute approximate surface area is 175 Å². The standard InChI is InChI=1S/C18H27IN4O3Si/c1-11(2)12-8-15(24-6-7-25-27(3,4)5)13(19)9-14(12)26-16-10-22-18(21)23-17(16)20/h8-11H,6-7H2,1-5H3,(H4,20,21,22,23). The highest BCUT2D eigenvalue weighted by Crippen LogP contribution is 2.37. The first kappa shape index (κ1) is 21.7. The minimum Gasteiger partial charge on any atom is -0.490 e. The number of rotatable bonds is 8. The van der Waals surface area contributed by atoms with Crippen molar-refractivity contribution in [1.29, 1.82) is 0 Å². The molecular weight excluding hydrogens is 475 g/mol. The summed E-state index contributed by atoms with van der Waals surface area (Å²) in [5.74, 6) is 2.43. The fourth-order valence-electron chi connectivity index (χ4n) is 2.30. The van der Waals surface area contributed by atoms with Gasteiger partial charge >= 0.3 is 0 Å². The topological polar surface area (TPSA) is 106 Å². The van der Waals surface area contributed by atoms with Gasteiger partial charge in [0.15, 0.2) is 19.9 Å². The van der Waals surface area contributed by atoms with Crippen molar-refractivity contribution in [2.75, 3.05) is 24.7 Å². The van der Waals surface area contributed by atoms with E-state index in [-0.39, 0.29) is 17.7 Å². The number of nitrogens with two attached hydrogens (primary N) is 2. The van der Waals surface area contributed by atoms with Gasteiger partial charge in [0.05, 0.1) is 16.4 Å². The van der Waals surface area contributed by atoms with Crippen LogP contribution in [-0.2, 0) is 4.43 Å². The van der Waals surface area contributed by atoms with Crippen LogP contribution in [0.5, 0.6) is 17.2 Å². The quantitative estimate of drug-likeness (QED) is 0.313. The van der Waals surface area contributed by atoms with Crippen LogP contribution in [0.25, 0.3) is 0 Å². The van der Waals surface area contributed by atoms with E-state index in [0.29, 0.717) is 24.7 Å². The molecule has 0 amide bonds. The van der Waals surface area contributed by atoms with Crippen molar-refractivity contribution >= 4 is 42.7 Å². The summed E-state index contributed by atoms with van der Waals surface area (Å²) in [5, 5.41) is 0. The average Bonchev–Trinajstić information content (AvgIpc) is 2.54. The molecule has 0 atom stereocenters. The first-order valence-electron chi connectivity index (χ1n) is 8.73. The maximum Gasteiger partial charge on any atom is 0.222 e. The second-order valence-corrected chi connectivity index (χ2v) is 13.0. The number of hydrogen-bond acceptors (Lipinski definition) is 7. The van der Waals surface area contributed by atoms with E-state index in [1.807, 2.05) is 12.1 Å². The van der Waals surface area contributed by atoms with Crippen LogP contribution in [-0.4, -0.2) is 31.5 Å². The van der Waals surface area contributed by atoms with Gasteiger partial charge in [-0.2, -0.15) is 4.98 Å². The lowest BCUT2D eigenvalue weighted by atomic mass is 10.0. The Balaban J connectivity index is 2.20. The van der Waals surface area contributed by atoms with E-state index >= 15 is 0 Å². The van der Waals surface area contributed by atoms with E-state index in [2.05, 4.69) is 66.0 Å². The Morgan fingerprint density at radius 1 is 1.07 bits per heavy atom. The molecule has 4 N–H and O–H groups in total. The summed E-state index contributed by atoms with van der Waals surface area (Å²) in [4.78, 5) is 7.88. The fraction of sp³-hybridized carbons (Fsp3) is 0.444. The molecule has 27 heavy (non-hydrogen) atoms. The number of benzene rings is 1. The van der Waals surface area contributed by atoms with E-state index in [4.69, 9.17) is 25.4 Å². The molecule has 0 spiro atoms. The van der Waals surface area contributed by atoms with Crippen LogP contribution in [0.1, 0.15) is 25.3 Å². The van der Waals surface area contributed by atoms with Crippen LogP contribution >= 0.6 is 22.6 Å². The number of halogens is 1. The van der Waals surface area contributed by atoms with Crippen molar-refractivity contribution < 1.29 is 13.9 Å². The Kier molecular flexibility index (Phi) is 7.29. The second kappa shape index (κ2) is 9.07. The molecule has 7 nitrogen and oxygen atoms in total. The van der Waals surface area contributed by atoms with Gasteiger partial charge in [-0.15, -0.1) is 0 Å². The number of ether oxygens (including phenoxy) is 2. The first-order valence-corrected chi connectivity index (χ1v) is 13.2. The van der Waals surface area contributed by atoms with Crippen molar-refractivity contribution in [3.8, 4) is 17.2 Å². The van der Waals surface area contributed by atoms with Crippen LogP contribution < -0.4 is 20.9 Å². The molecule has 0 bridgehead atoms. The summed E-state index contributed by atoms with van der Waals surface area (Å²) in [5.41, 5.74) is 12.4. The molecule has 148 valence electrons. The van der Waals surface area contributed by atoms with Gasteiger partial charge in [0.25, 0.3) is 0 Å². The highest BCUT2D eigenvalue weighted by atomic mass is 127. The zero-order chi connectivity index (χ0) is 20.2. The monoisotopic (exact) mass is 502 g/mol. The molecule has 0 aliphatic rings. The maximum atomic E-state index is 5.98. The van der Waals surface area contributed by atoms with Gasteiger partial charge < -0.3 is 25.4 Å². The van der Waals surface area contributed by atoms with Gasteiger partial charge in [-0.1, -0.05) is 13.8 Å². The minimum atomic E-state index is -1.53. The maximum absolute atomic E-state index is 5.98. The molecule has 1 heterocycles. The van der Waals surface area contributed by atoms with E-state index in [1.165, 1.54) is 6.20 Å². The molecule has 1 aromatic heterocycles. The summed E-state index contributed by atoms with van der Waals surface area (Å²) in [6.07, 6.45) is 1.48. The number of aromatic nitrogens is 2. The van der Waals surface area contributed by atoms with Crippen LogP contribution in [0.3, 0.4) is 0 Å². The lowest BCUT2D eigenvalue weighted by Gasteiger charge is -2.19. The molecular formula is C18H27IN4O3Si. The van der Waals surface area contributed by atoms with Crippen LogP contribution in [0.4, 0.5) is 11.8 Å². The van der Waals surface area contributed by atoms with Crippen molar-refractivity contribution in [3.63, 3.8) is 0 Å². The Morgan fingerprint density at radius 3 is 2.37 bits per heavy atom. The van der Waals surface area contributed by atoms with Crippen LogP contribution in [0.2, 0.25) is 19.6 Å².